The topological polar surface area (TPSA) is 102 Å². The molecule has 3 aliphatic rings. The van der Waals surface area contributed by atoms with Gasteiger partial charge in [0.2, 0.25) is 17.7 Å². The van der Waals surface area contributed by atoms with E-state index >= 15 is 0 Å². The molecule has 2 saturated heterocycles. The maximum Gasteiger partial charge on any atom is 0.242 e. The van der Waals surface area contributed by atoms with E-state index in [2.05, 4.69) is 29.2 Å². The van der Waals surface area contributed by atoms with Crippen LogP contribution in [-0.4, -0.2) is 101 Å². The smallest absolute Gasteiger partial charge is 0.242 e. The lowest BCUT2D eigenvalue weighted by Gasteiger charge is -2.47. The van der Waals surface area contributed by atoms with Crippen molar-refractivity contribution in [2.45, 2.75) is 58.0 Å². The Bertz CT molecular complexity index is 635. The van der Waals surface area contributed by atoms with Gasteiger partial charge in [-0.15, -0.1) is 0 Å². The summed E-state index contributed by atoms with van der Waals surface area (Å²) >= 11 is 0. The second kappa shape index (κ2) is 9.62. The third kappa shape index (κ3) is 5.70. The largest absolute Gasteiger partial charge is 0.345 e. The zero-order valence-electron chi connectivity index (χ0n) is 18.7. The van der Waals surface area contributed by atoms with E-state index in [1.165, 1.54) is 0 Å². The van der Waals surface area contributed by atoms with Gasteiger partial charge in [0.1, 0.15) is 0 Å². The quantitative estimate of drug-likeness (QED) is 0.580. The van der Waals surface area contributed by atoms with Crippen LogP contribution in [0, 0.1) is 5.92 Å². The van der Waals surface area contributed by atoms with E-state index in [0.29, 0.717) is 37.9 Å². The number of piperidine rings is 1. The number of hydrogen-bond donors (Lipinski definition) is 2. The Morgan fingerprint density at radius 2 is 1.63 bits per heavy atom. The van der Waals surface area contributed by atoms with Gasteiger partial charge in [-0.25, -0.2) is 10.0 Å². The molecule has 0 aromatic rings. The van der Waals surface area contributed by atoms with Gasteiger partial charge in [0.15, 0.2) is 0 Å². The zero-order valence-corrected chi connectivity index (χ0v) is 18.7. The highest BCUT2D eigenvalue weighted by Crippen LogP contribution is 2.32. The van der Waals surface area contributed by atoms with Gasteiger partial charge in [-0.3, -0.25) is 14.4 Å². The molecule has 0 bridgehead atoms. The molecule has 0 radical (unpaired) electrons. The summed E-state index contributed by atoms with van der Waals surface area (Å²) in [6.45, 7) is 11.6. The summed E-state index contributed by atoms with van der Waals surface area (Å²) in [6, 6.07) is 0.434. The number of nitrogens with two attached hydrogens (primary N) is 1. The lowest BCUT2D eigenvalue weighted by atomic mass is 10.0. The first-order valence-electron chi connectivity index (χ1n) is 11.3. The Labute approximate surface area is 179 Å². The van der Waals surface area contributed by atoms with Crippen LogP contribution in [-0.2, 0) is 14.4 Å². The molecule has 9 nitrogen and oxygen atoms in total. The first kappa shape index (κ1) is 23.0. The van der Waals surface area contributed by atoms with Crippen LogP contribution >= 0.6 is 0 Å². The van der Waals surface area contributed by atoms with E-state index in [1.807, 2.05) is 9.80 Å². The van der Waals surface area contributed by atoms with Crippen LogP contribution in [0.2, 0.25) is 0 Å². The first-order valence-corrected chi connectivity index (χ1v) is 11.3. The van der Waals surface area contributed by atoms with E-state index < -0.39 is 5.54 Å². The van der Waals surface area contributed by atoms with Crippen LogP contribution in [0.3, 0.4) is 0 Å². The fourth-order valence-electron chi connectivity index (χ4n) is 4.36. The van der Waals surface area contributed by atoms with Gasteiger partial charge in [0.25, 0.3) is 0 Å². The predicted octanol–water partition coefficient (Wildman–Crippen LogP) is -0.378. The average molecular weight is 423 g/mol. The molecule has 0 spiro atoms. The third-order valence-corrected chi connectivity index (χ3v) is 6.50. The number of likely N-dealkylation sites (tertiary alicyclic amines) is 1. The van der Waals surface area contributed by atoms with Crippen LogP contribution < -0.4 is 11.1 Å². The molecule has 2 heterocycles. The Hall–Kier alpha value is -1.71. The van der Waals surface area contributed by atoms with Crippen molar-refractivity contribution in [1.29, 1.82) is 0 Å². The molecular weight excluding hydrogens is 384 g/mol. The lowest BCUT2D eigenvalue weighted by Crippen LogP contribution is -2.60. The summed E-state index contributed by atoms with van der Waals surface area (Å²) in [5, 5.41) is 7.56. The Balaban J connectivity index is 1.48. The molecule has 0 atom stereocenters. The molecule has 9 heteroatoms. The summed E-state index contributed by atoms with van der Waals surface area (Å²) in [6.07, 6.45) is 3.36. The summed E-state index contributed by atoms with van der Waals surface area (Å²) in [5.74, 6) is 0.439. The number of carbonyl (C=O) groups is 3. The number of hydrogen-bond acceptors (Lipinski definition) is 6. The van der Waals surface area contributed by atoms with Crippen molar-refractivity contribution in [3.63, 3.8) is 0 Å². The van der Waals surface area contributed by atoms with Crippen LogP contribution in [0.1, 0.15) is 46.5 Å². The van der Waals surface area contributed by atoms with Crippen molar-refractivity contribution in [3.05, 3.63) is 0 Å². The van der Waals surface area contributed by atoms with Crippen LogP contribution in [0.5, 0.6) is 0 Å². The van der Waals surface area contributed by atoms with E-state index in [1.54, 1.807) is 6.92 Å². The molecule has 1 aliphatic carbocycles. The third-order valence-electron chi connectivity index (χ3n) is 6.50. The van der Waals surface area contributed by atoms with Crippen molar-refractivity contribution < 1.29 is 14.4 Å². The van der Waals surface area contributed by atoms with Gasteiger partial charge < -0.3 is 20.9 Å². The minimum atomic E-state index is -0.742. The predicted molar refractivity (Wildman–Crippen MR) is 114 cm³/mol. The van der Waals surface area contributed by atoms with E-state index in [-0.39, 0.29) is 24.3 Å². The summed E-state index contributed by atoms with van der Waals surface area (Å²) in [5.41, 5.74) is 5.13. The molecule has 2 aliphatic heterocycles. The zero-order chi connectivity index (χ0) is 21.9. The molecule has 0 aromatic carbocycles. The summed E-state index contributed by atoms with van der Waals surface area (Å²) in [7, 11) is 0. The molecule has 1 saturated carbocycles. The Morgan fingerprint density at radius 3 is 2.13 bits per heavy atom. The molecule has 3 N–H and O–H groups in total. The second-order valence-electron chi connectivity index (χ2n) is 9.43. The molecule has 0 unspecified atom stereocenters. The maximum absolute atomic E-state index is 12.5. The van der Waals surface area contributed by atoms with Crippen molar-refractivity contribution in [2.24, 2.45) is 11.7 Å². The molecular formula is C21H38N6O3. The highest BCUT2D eigenvalue weighted by atomic mass is 16.2. The highest BCUT2D eigenvalue weighted by molar-refractivity contribution is 5.92. The fraction of sp³-hybridized carbons (Fsp3) is 0.857. The van der Waals surface area contributed by atoms with Gasteiger partial charge in [0.05, 0.1) is 12.1 Å². The van der Waals surface area contributed by atoms with Crippen LogP contribution in [0.25, 0.3) is 0 Å². The van der Waals surface area contributed by atoms with Gasteiger partial charge in [-0.2, -0.15) is 0 Å². The van der Waals surface area contributed by atoms with Crippen LogP contribution in [0.4, 0.5) is 0 Å². The monoisotopic (exact) mass is 422 g/mol. The maximum atomic E-state index is 12.5. The number of carbonyl (C=O) groups excluding carboxylic acids is 3. The molecule has 0 aromatic heterocycles. The van der Waals surface area contributed by atoms with Gasteiger partial charge in [0, 0.05) is 58.8 Å². The fourth-order valence-corrected chi connectivity index (χ4v) is 4.36. The van der Waals surface area contributed by atoms with Crippen LogP contribution in [0.15, 0.2) is 0 Å². The van der Waals surface area contributed by atoms with Crippen molar-refractivity contribution in [1.82, 2.24) is 25.1 Å². The number of hydrazine groups is 1. The number of nitrogens with zero attached hydrogens (tertiary/aromatic N) is 4. The molecule has 3 rings (SSSR count). The lowest BCUT2D eigenvalue weighted by molar-refractivity contribution is -0.143. The number of rotatable bonds is 7. The van der Waals surface area contributed by atoms with Crippen molar-refractivity contribution in [3.8, 4) is 0 Å². The highest BCUT2D eigenvalue weighted by Gasteiger charge is 2.46. The standard InChI is InChI=1S/C21H38N6O3/c1-16(2)15-27(18-4-8-24(9-5-18)17(3)28)26-12-10-25(11-13-26)19(29)14-23-20(30)21(22)6-7-21/h16,18H,4-15,22H2,1-3H3,(H,23,30). The molecule has 30 heavy (non-hydrogen) atoms. The van der Waals surface area contributed by atoms with E-state index in [0.717, 1.165) is 45.6 Å². The summed E-state index contributed by atoms with van der Waals surface area (Å²) < 4.78 is 0. The minimum Gasteiger partial charge on any atom is -0.345 e. The average Bonchev–Trinajstić information content (AvgIpc) is 3.49. The van der Waals surface area contributed by atoms with Gasteiger partial charge in [-0.05, 0) is 31.6 Å². The number of amides is 3. The second-order valence-corrected chi connectivity index (χ2v) is 9.43. The summed E-state index contributed by atoms with van der Waals surface area (Å²) in [4.78, 5) is 39.9. The van der Waals surface area contributed by atoms with Gasteiger partial charge >= 0.3 is 0 Å². The van der Waals surface area contributed by atoms with E-state index in [4.69, 9.17) is 5.73 Å². The van der Waals surface area contributed by atoms with Crippen molar-refractivity contribution >= 4 is 17.7 Å². The Kier molecular flexibility index (Phi) is 7.36. The SMILES string of the molecule is CC(=O)N1CCC(N(CC(C)C)N2CCN(C(=O)CNC(=O)C3(N)CC3)CC2)CC1. The normalized spacial score (nSPS) is 22.5. The number of piperazine rings is 1. The first-order chi connectivity index (χ1) is 14.2. The Morgan fingerprint density at radius 1 is 1.03 bits per heavy atom. The minimum absolute atomic E-state index is 0.0248. The van der Waals surface area contributed by atoms with Crippen molar-refractivity contribution in [2.75, 3.05) is 52.4 Å². The molecule has 3 amide bonds. The number of nitrogens with one attached hydrogen (secondary N) is 1. The van der Waals surface area contributed by atoms with E-state index in [9.17, 15) is 14.4 Å². The molecule has 3 fully saturated rings. The van der Waals surface area contributed by atoms with Gasteiger partial charge in [-0.1, -0.05) is 13.8 Å². The molecule has 170 valence electrons.